The van der Waals surface area contributed by atoms with Crippen LogP contribution in [0.2, 0.25) is 0 Å². The second-order valence-electron chi connectivity index (χ2n) is 5.59. The van der Waals surface area contributed by atoms with Crippen molar-refractivity contribution in [3.8, 4) is 0 Å². The molecule has 1 aliphatic carbocycles. The minimum atomic E-state index is 0.155. The van der Waals surface area contributed by atoms with Crippen molar-refractivity contribution in [2.45, 2.75) is 45.1 Å². The Hall–Kier alpha value is -1.35. The van der Waals surface area contributed by atoms with Crippen molar-refractivity contribution >= 4 is 5.91 Å². The molecule has 3 nitrogen and oxygen atoms in total. The zero-order valence-electron chi connectivity index (χ0n) is 11.7. The smallest absolute Gasteiger partial charge is 0.220 e. The van der Waals surface area contributed by atoms with Crippen LogP contribution in [-0.4, -0.2) is 12.5 Å². The van der Waals surface area contributed by atoms with Crippen molar-refractivity contribution in [3.63, 3.8) is 0 Å². The van der Waals surface area contributed by atoms with Crippen molar-refractivity contribution in [3.05, 3.63) is 35.4 Å². The fraction of sp³-hybridized carbons (Fsp3) is 0.562. The highest BCUT2D eigenvalue weighted by molar-refractivity contribution is 5.76. The summed E-state index contributed by atoms with van der Waals surface area (Å²) >= 11 is 0. The summed E-state index contributed by atoms with van der Waals surface area (Å²) in [5.41, 5.74) is 8.26. The molecule has 0 heterocycles. The van der Waals surface area contributed by atoms with Gasteiger partial charge in [0.1, 0.15) is 0 Å². The number of rotatable bonds is 5. The molecule has 0 aromatic heterocycles. The molecule has 1 amide bonds. The molecule has 0 bridgehead atoms. The van der Waals surface area contributed by atoms with E-state index in [4.69, 9.17) is 5.73 Å². The molecule has 0 saturated carbocycles. The van der Waals surface area contributed by atoms with Gasteiger partial charge < -0.3 is 11.1 Å². The largest absolute Gasteiger partial charge is 0.349 e. The third-order valence-corrected chi connectivity index (χ3v) is 3.97. The van der Waals surface area contributed by atoms with Crippen molar-refractivity contribution in [2.24, 2.45) is 11.7 Å². The summed E-state index contributed by atoms with van der Waals surface area (Å²) in [4.78, 5) is 12.0. The van der Waals surface area contributed by atoms with Crippen molar-refractivity contribution in [2.75, 3.05) is 6.54 Å². The molecule has 0 radical (unpaired) electrons. The van der Waals surface area contributed by atoms with Crippen LogP contribution < -0.4 is 11.1 Å². The van der Waals surface area contributed by atoms with Gasteiger partial charge in [0, 0.05) is 6.42 Å². The highest BCUT2D eigenvalue weighted by atomic mass is 16.1. The first-order chi connectivity index (χ1) is 9.20. The van der Waals surface area contributed by atoms with Crippen LogP contribution in [0, 0.1) is 5.92 Å². The number of nitrogens with two attached hydrogens (primary N) is 1. The highest BCUT2D eigenvalue weighted by Crippen LogP contribution is 2.29. The third kappa shape index (κ3) is 3.80. The number of hydrogen-bond donors (Lipinski definition) is 2. The van der Waals surface area contributed by atoms with Gasteiger partial charge in [-0.25, -0.2) is 0 Å². The van der Waals surface area contributed by atoms with Crippen LogP contribution in [0.25, 0.3) is 0 Å². The molecule has 3 heteroatoms. The van der Waals surface area contributed by atoms with Crippen molar-refractivity contribution in [1.82, 2.24) is 5.32 Å². The van der Waals surface area contributed by atoms with Gasteiger partial charge in [0.2, 0.25) is 5.91 Å². The van der Waals surface area contributed by atoms with Gasteiger partial charge in [-0.2, -0.15) is 0 Å². The number of fused-ring (bicyclic) bond motifs is 1. The van der Waals surface area contributed by atoms with Crippen LogP contribution in [-0.2, 0) is 11.2 Å². The van der Waals surface area contributed by atoms with Crippen molar-refractivity contribution in [1.29, 1.82) is 0 Å². The maximum Gasteiger partial charge on any atom is 0.220 e. The van der Waals surface area contributed by atoms with E-state index in [1.807, 2.05) is 0 Å². The minimum Gasteiger partial charge on any atom is -0.349 e. The minimum absolute atomic E-state index is 0.155. The molecule has 2 unspecified atom stereocenters. The van der Waals surface area contributed by atoms with Crippen LogP contribution in [0.5, 0.6) is 0 Å². The van der Waals surface area contributed by atoms with E-state index in [0.29, 0.717) is 18.9 Å². The van der Waals surface area contributed by atoms with E-state index >= 15 is 0 Å². The van der Waals surface area contributed by atoms with Crippen LogP contribution in [0.3, 0.4) is 0 Å². The van der Waals surface area contributed by atoms with Gasteiger partial charge in [0.05, 0.1) is 6.04 Å². The first-order valence-corrected chi connectivity index (χ1v) is 7.28. The Kier molecular flexibility index (Phi) is 4.97. The fourth-order valence-corrected chi connectivity index (χ4v) is 2.67. The van der Waals surface area contributed by atoms with E-state index < -0.39 is 0 Å². The molecule has 2 rings (SSSR count). The van der Waals surface area contributed by atoms with Crippen LogP contribution in [0.15, 0.2) is 24.3 Å². The zero-order chi connectivity index (χ0) is 13.7. The Morgan fingerprint density at radius 3 is 3.05 bits per heavy atom. The number of aryl methyl sites for hydroxylation is 1. The van der Waals surface area contributed by atoms with Gasteiger partial charge in [-0.3, -0.25) is 4.79 Å². The summed E-state index contributed by atoms with van der Waals surface area (Å²) in [5.74, 6) is 0.575. The lowest BCUT2D eigenvalue weighted by Crippen LogP contribution is -2.31. The molecule has 1 aliphatic rings. The second-order valence-corrected chi connectivity index (χ2v) is 5.59. The number of benzene rings is 1. The number of nitrogens with one attached hydrogen (secondary N) is 1. The van der Waals surface area contributed by atoms with E-state index in [0.717, 1.165) is 25.7 Å². The van der Waals surface area contributed by atoms with E-state index in [-0.39, 0.29) is 11.9 Å². The molecular weight excluding hydrogens is 236 g/mol. The Labute approximate surface area is 115 Å². The average molecular weight is 260 g/mol. The first-order valence-electron chi connectivity index (χ1n) is 7.28. The topological polar surface area (TPSA) is 55.1 Å². The molecule has 2 atom stereocenters. The van der Waals surface area contributed by atoms with Gasteiger partial charge in [-0.15, -0.1) is 0 Å². The average Bonchev–Trinajstić information content (AvgIpc) is 2.45. The molecule has 1 aromatic rings. The van der Waals surface area contributed by atoms with Crippen LogP contribution >= 0.6 is 0 Å². The summed E-state index contributed by atoms with van der Waals surface area (Å²) < 4.78 is 0. The summed E-state index contributed by atoms with van der Waals surface area (Å²) in [5, 5.41) is 3.17. The molecule has 0 aliphatic heterocycles. The predicted molar refractivity (Wildman–Crippen MR) is 77.7 cm³/mol. The standard InChI is InChI=1S/C16H24N2O/c1-12(11-17)9-10-16(19)18-15-8-4-6-13-5-2-3-7-14(13)15/h2-3,5,7,12,15H,4,6,8-11,17H2,1H3,(H,18,19). The second kappa shape index (κ2) is 6.71. The molecule has 104 valence electrons. The van der Waals surface area contributed by atoms with Crippen molar-refractivity contribution < 1.29 is 4.79 Å². The molecular formula is C16H24N2O. The molecule has 0 saturated heterocycles. The Morgan fingerprint density at radius 1 is 1.47 bits per heavy atom. The highest BCUT2D eigenvalue weighted by Gasteiger charge is 2.21. The Bertz CT molecular complexity index is 431. The quantitative estimate of drug-likeness (QED) is 0.855. The van der Waals surface area contributed by atoms with Gasteiger partial charge in [0.25, 0.3) is 0 Å². The number of amides is 1. The Balaban J connectivity index is 1.91. The van der Waals surface area contributed by atoms with E-state index in [9.17, 15) is 4.79 Å². The molecule has 3 N–H and O–H groups in total. The zero-order valence-corrected chi connectivity index (χ0v) is 11.7. The summed E-state index contributed by atoms with van der Waals surface area (Å²) in [6, 6.07) is 8.64. The SMILES string of the molecule is CC(CN)CCC(=O)NC1CCCc2ccccc21. The van der Waals surface area contributed by atoms with Crippen LogP contribution in [0.4, 0.5) is 0 Å². The van der Waals surface area contributed by atoms with Gasteiger partial charge in [-0.1, -0.05) is 31.2 Å². The summed E-state index contributed by atoms with van der Waals surface area (Å²) in [6.45, 7) is 2.74. The maximum absolute atomic E-state index is 12.0. The van der Waals surface area contributed by atoms with Crippen LogP contribution in [0.1, 0.15) is 49.8 Å². The van der Waals surface area contributed by atoms with Gasteiger partial charge in [0.15, 0.2) is 0 Å². The lowest BCUT2D eigenvalue weighted by atomic mass is 9.87. The van der Waals surface area contributed by atoms with Gasteiger partial charge >= 0.3 is 0 Å². The predicted octanol–water partition coefficient (Wildman–Crippen LogP) is 2.56. The maximum atomic E-state index is 12.0. The third-order valence-electron chi connectivity index (χ3n) is 3.97. The summed E-state index contributed by atoms with van der Waals surface area (Å²) in [7, 11) is 0. The molecule has 1 aromatic carbocycles. The van der Waals surface area contributed by atoms with E-state index in [1.54, 1.807) is 0 Å². The molecule has 0 fully saturated rings. The fourth-order valence-electron chi connectivity index (χ4n) is 2.67. The summed E-state index contributed by atoms with van der Waals surface area (Å²) in [6.07, 6.45) is 4.79. The first kappa shape index (κ1) is 14.1. The number of carbonyl (C=O) groups is 1. The van der Waals surface area contributed by atoms with E-state index in [1.165, 1.54) is 11.1 Å². The van der Waals surface area contributed by atoms with E-state index in [2.05, 4.69) is 36.5 Å². The lowest BCUT2D eigenvalue weighted by Gasteiger charge is -2.26. The lowest BCUT2D eigenvalue weighted by molar-refractivity contribution is -0.122. The molecule has 19 heavy (non-hydrogen) atoms. The van der Waals surface area contributed by atoms with Gasteiger partial charge in [-0.05, 0) is 49.3 Å². The number of carbonyl (C=O) groups excluding carboxylic acids is 1. The molecule has 0 spiro atoms. The number of hydrogen-bond acceptors (Lipinski definition) is 2. The normalized spacial score (nSPS) is 19.6. The monoisotopic (exact) mass is 260 g/mol. The Morgan fingerprint density at radius 2 is 2.26 bits per heavy atom.